The molecule has 1 aromatic carbocycles. The van der Waals surface area contributed by atoms with E-state index in [1.165, 1.54) is 19.8 Å². The number of benzene rings is 1. The maximum absolute atomic E-state index is 13.5. The fourth-order valence-electron chi connectivity index (χ4n) is 3.58. The molecule has 288 valence electrons. The summed E-state index contributed by atoms with van der Waals surface area (Å²) in [5.74, 6) is -15.5. The highest BCUT2D eigenvalue weighted by atomic mass is 19.2. The molecule has 1 unspecified atom stereocenters. The number of amides is 3. The summed E-state index contributed by atoms with van der Waals surface area (Å²) in [4.78, 5) is 47.1. The minimum absolute atomic E-state index is 0.0407. The van der Waals surface area contributed by atoms with Crippen molar-refractivity contribution >= 4 is 23.7 Å². The molecule has 0 heterocycles. The van der Waals surface area contributed by atoms with E-state index in [1.807, 2.05) is 0 Å². The van der Waals surface area contributed by atoms with Crippen molar-refractivity contribution < 1.29 is 64.8 Å². The number of nitrogens with one attached hydrogen (secondary N) is 3. The van der Waals surface area contributed by atoms with Crippen molar-refractivity contribution in [2.24, 2.45) is 11.5 Å². The smallest absolute Gasteiger partial charge is 0.313 e. The van der Waals surface area contributed by atoms with Gasteiger partial charge in [-0.05, 0) is 38.8 Å². The van der Waals surface area contributed by atoms with E-state index in [2.05, 4.69) is 27.6 Å². The predicted molar refractivity (Wildman–Crippen MR) is 170 cm³/mol. The zero-order valence-electron chi connectivity index (χ0n) is 28.5. The Bertz CT molecular complexity index is 1120. The lowest BCUT2D eigenvalue weighted by atomic mass is 10.1. The molecule has 0 aromatic heterocycles. The summed E-state index contributed by atoms with van der Waals surface area (Å²) in [6.45, 7) is 5.77. The van der Waals surface area contributed by atoms with Gasteiger partial charge in [0.25, 0.3) is 0 Å². The molecule has 0 radical (unpaired) electrons. The second kappa shape index (κ2) is 29.3. The zero-order valence-corrected chi connectivity index (χ0v) is 28.5. The fourth-order valence-corrected chi connectivity index (χ4v) is 3.58. The largest absolute Gasteiger partial charge is 0.420 e. The van der Waals surface area contributed by atoms with Gasteiger partial charge in [-0.25, -0.2) is 13.2 Å². The molecule has 0 aliphatic rings. The quantitative estimate of drug-likeness (QED) is 0.0230. The molecule has 50 heavy (non-hydrogen) atoms. The van der Waals surface area contributed by atoms with Crippen LogP contribution < -0.4 is 32.2 Å². The highest BCUT2D eigenvalue weighted by molar-refractivity contribution is 5.90. The summed E-state index contributed by atoms with van der Waals surface area (Å²) < 4.78 is 91.5. The molecule has 0 bridgehead atoms. The van der Waals surface area contributed by atoms with E-state index in [0.29, 0.717) is 25.8 Å². The summed E-state index contributed by atoms with van der Waals surface area (Å²) in [7, 11) is 0. The van der Waals surface area contributed by atoms with E-state index in [9.17, 15) is 41.1 Å². The summed E-state index contributed by atoms with van der Waals surface area (Å²) in [6, 6.07) is -0.740. The van der Waals surface area contributed by atoms with Gasteiger partial charge >= 0.3 is 5.97 Å². The Morgan fingerprint density at radius 2 is 1.18 bits per heavy atom. The van der Waals surface area contributed by atoms with Gasteiger partial charge in [-0.3, -0.25) is 19.2 Å². The van der Waals surface area contributed by atoms with E-state index in [-0.39, 0.29) is 71.9 Å². The highest BCUT2D eigenvalue weighted by Crippen LogP contribution is 2.29. The molecular weight excluding hydrogens is 681 g/mol. The van der Waals surface area contributed by atoms with Crippen molar-refractivity contribution in [1.82, 2.24) is 16.0 Å². The van der Waals surface area contributed by atoms with Crippen LogP contribution in [0.3, 0.4) is 0 Å². The maximum Gasteiger partial charge on any atom is 0.313 e. The van der Waals surface area contributed by atoms with E-state index in [1.54, 1.807) is 0 Å². The van der Waals surface area contributed by atoms with Gasteiger partial charge in [0.05, 0.1) is 65.8 Å². The van der Waals surface area contributed by atoms with Crippen LogP contribution in [0.2, 0.25) is 0 Å². The number of hydrogen-bond donors (Lipinski definition) is 5. The standard InChI is InChI=1S/C27H39F5N4O9.C4H11N/c1-17(37)36-18(4-2-3-6-33)27(40)35-16-19(38)34-7-9-42-11-13-44-15-14-43-12-10-41-8-5-20(39)45-26-24(31)22(29)21(28)23(30)25(26)32;1-2-3-4-5/h18H,2-16,33H2,1H3,(H,34,38)(H,35,40)(H,36,37);2-5H2,1H3. The lowest BCUT2D eigenvalue weighted by Crippen LogP contribution is -2.48. The topological polar surface area (TPSA) is 203 Å². The minimum atomic E-state index is -2.36. The minimum Gasteiger partial charge on any atom is -0.420 e. The molecule has 0 saturated carbocycles. The number of esters is 1. The number of halogens is 5. The Morgan fingerprint density at radius 3 is 1.66 bits per heavy atom. The van der Waals surface area contributed by atoms with Crippen molar-refractivity contribution in [2.45, 2.75) is 58.4 Å². The number of unbranched alkanes of at least 4 members (excludes halogenated alkanes) is 2. The molecule has 0 saturated heterocycles. The molecule has 14 nitrogen and oxygen atoms in total. The van der Waals surface area contributed by atoms with Crippen LogP contribution in [0.1, 0.15) is 52.4 Å². The molecule has 0 fully saturated rings. The summed E-state index contributed by atoms with van der Waals surface area (Å²) in [5, 5.41) is 7.62. The van der Waals surface area contributed by atoms with E-state index >= 15 is 0 Å². The van der Waals surface area contributed by atoms with Crippen LogP contribution in [0.15, 0.2) is 0 Å². The third-order valence-corrected chi connectivity index (χ3v) is 6.14. The SMILES string of the molecule is CC(=O)NC(CCCCN)C(=O)NCC(=O)NCCOCCOCCOCCOCCC(=O)Oc1c(F)c(F)c(F)c(F)c1F.CCCCN. The monoisotopic (exact) mass is 731 g/mol. The normalized spacial score (nSPS) is 11.3. The van der Waals surface area contributed by atoms with Crippen LogP contribution in [-0.4, -0.2) is 109 Å². The lowest BCUT2D eigenvalue weighted by Gasteiger charge is -2.17. The first-order valence-electron chi connectivity index (χ1n) is 16.2. The average Bonchev–Trinajstić information content (AvgIpc) is 3.09. The molecule has 7 N–H and O–H groups in total. The van der Waals surface area contributed by atoms with Crippen molar-refractivity contribution in [2.75, 3.05) is 79.0 Å². The fraction of sp³-hybridized carbons (Fsp3) is 0.677. The molecule has 19 heteroatoms. The third kappa shape index (κ3) is 21.6. The summed E-state index contributed by atoms with van der Waals surface area (Å²) in [6.07, 6.45) is 3.65. The number of nitrogens with two attached hydrogens (primary N) is 2. The summed E-state index contributed by atoms with van der Waals surface area (Å²) in [5.41, 5.74) is 10.6. The predicted octanol–water partition coefficient (Wildman–Crippen LogP) is 1.36. The van der Waals surface area contributed by atoms with Gasteiger partial charge in [0, 0.05) is 13.5 Å². The van der Waals surface area contributed by atoms with Crippen LogP contribution in [0.25, 0.3) is 0 Å². The molecular formula is C31H50F5N5O9. The summed E-state index contributed by atoms with van der Waals surface area (Å²) >= 11 is 0. The van der Waals surface area contributed by atoms with Crippen LogP contribution >= 0.6 is 0 Å². The lowest BCUT2D eigenvalue weighted by molar-refractivity contribution is -0.136. The Labute approximate surface area is 288 Å². The van der Waals surface area contributed by atoms with Crippen molar-refractivity contribution in [3.63, 3.8) is 0 Å². The number of hydrogen-bond acceptors (Lipinski definition) is 11. The molecule has 3 amide bonds. The maximum atomic E-state index is 13.5. The first-order valence-corrected chi connectivity index (χ1v) is 16.2. The second-order valence-corrected chi connectivity index (χ2v) is 10.3. The van der Waals surface area contributed by atoms with Crippen LogP contribution in [0.4, 0.5) is 22.0 Å². The Hall–Kier alpha value is -3.49. The van der Waals surface area contributed by atoms with Gasteiger partial charge in [0.15, 0.2) is 0 Å². The molecule has 1 atom stereocenters. The van der Waals surface area contributed by atoms with Gasteiger partial charge in [-0.1, -0.05) is 13.3 Å². The van der Waals surface area contributed by atoms with Gasteiger partial charge in [-0.2, -0.15) is 8.78 Å². The first kappa shape index (κ1) is 46.5. The van der Waals surface area contributed by atoms with Crippen molar-refractivity contribution in [1.29, 1.82) is 0 Å². The van der Waals surface area contributed by atoms with Gasteiger partial charge in [0.1, 0.15) is 6.04 Å². The van der Waals surface area contributed by atoms with Gasteiger partial charge < -0.3 is 51.1 Å². The second-order valence-electron chi connectivity index (χ2n) is 10.3. The first-order chi connectivity index (χ1) is 23.9. The van der Waals surface area contributed by atoms with Crippen LogP contribution in [0.5, 0.6) is 5.75 Å². The Morgan fingerprint density at radius 1 is 0.680 bits per heavy atom. The molecule has 1 aromatic rings. The van der Waals surface area contributed by atoms with E-state index in [4.69, 9.17) is 30.4 Å². The van der Waals surface area contributed by atoms with Gasteiger partial charge in [0.2, 0.25) is 52.6 Å². The van der Waals surface area contributed by atoms with E-state index < -0.39 is 65.1 Å². The highest BCUT2D eigenvalue weighted by Gasteiger charge is 2.28. The number of carbonyl (C=O) groups excluding carboxylic acids is 4. The number of carbonyl (C=O) groups is 4. The Kier molecular flexibility index (Phi) is 27.2. The zero-order chi connectivity index (χ0) is 37.7. The molecule has 1 rings (SSSR count). The molecule has 0 spiro atoms. The number of rotatable bonds is 26. The average molecular weight is 732 g/mol. The van der Waals surface area contributed by atoms with E-state index in [0.717, 1.165) is 6.54 Å². The molecule has 0 aliphatic carbocycles. The number of ether oxygens (including phenoxy) is 5. The Balaban J connectivity index is 0.00000445. The van der Waals surface area contributed by atoms with Crippen molar-refractivity contribution in [3.05, 3.63) is 29.1 Å². The van der Waals surface area contributed by atoms with Crippen molar-refractivity contribution in [3.8, 4) is 5.75 Å². The molecule has 0 aliphatic heterocycles. The van der Waals surface area contributed by atoms with Crippen LogP contribution in [0, 0.1) is 29.1 Å². The third-order valence-electron chi connectivity index (χ3n) is 6.14. The van der Waals surface area contributed by atoms with Crippen LogP contribution in [-0.2, 0) is 38.1 Å². The van der Waals surface area contributed by atoms with Gasteiger partial charge in [-0.15, -0.1) is 0 Å².